The Labute approximate surface area is 83.3 Å². The molecular formula is C10H16FNO2. The topological polar surface area (TPSA) is 37.4 Å². The van der Waals surface area contributed by atoms with Gasteiger partial charge in [0.2, 0.25) is 5.91 Å². The van der Waals surface area contributed by atoms with E-state index in [1.807, 2.05) is 6.92 Å². The number of rotatable bonds is 4. The molecule has 1 heterocycles. The maximum Gasteiger partial charge on any atom is 0.303 e. The molecule has 1 saturated heterocycles. The number of carbonyl (C=O) groups is 2. The fraction of sp³-hybridized carbons (Fsp3) is 0.800. The van der Waals surface area contributed by atoms with Crippen molar-refractivity contribution in [2.45, 2.75) is 45.1 Å². The SMILES string of the molecule is CCC(CC(=O)F)N1CCCCC1=O. The van der Waals surface area contributed by atoms with E-state index in [0.717, 1.165) is 12.8 Å². The lowest BCUT2D eigenvalue weighted by Gasteiger charge is -2.33. The maximum absolute atomic E-state index is 12.2. The molecule has 1 rings (SSSR count). The number of likely N-dealkylation sites (tertiary alicyclic amines) is 1. The van der Waals surface area contributed by atoms with Gasteiger partial charge in [0, 0.05) is 19.0 Å². The average molecular weight is 201 g/mol. The highest BCUT2D eigenvalue weighted by Gasteiger charge is 2.26. The fourth-order valence-electron chi connectivity index (χ4n) is 1.87. The van der Waals surface area contributed by atoms with Crippen LogP contribution in [0.15, 0.2) is 0 Å². The molecule has 0 spiro atoms. The molecule has 0 aliphatic carbocycles. The zero-order valence-electron chi connectivity index (χ0n) is 8.46. The molecule has 0 bridgehead atoms. The molecular weight excluding hydrogens is 185 g/mol. The summed E-state index contributed by atoms with van der Waals surface area (Å²) >= 11 is 0. The van der Waals surface area contributed by atoms with E-state index in [4.69, 9.17) is 0 Å². The second-order valence-corrected chi connectivity index (χ2v) is 3.67. The summed E-state index contributed by atoms with van der Waals surface area (Å²) in [6.45, 7) is 2.54. The minimum absolute atomic E-state index is 0.0596. The molecule has 0 aromatic rings. The highest BCUT2D eigenvalue weighted by atomic mass is 19.1. The molecule has 0 aromatic heterocycles. The van der Waals surface area contributed by atoms with Crippen LogP contribution < -0.4 is 0 Å². The standard InChI is InChI=1S/C10H16FNO2/c1-2-8(7-9(11)13)12-6-4-3-5-10(12)14/h8H,2-7H2,1H3. The summed E-state index contributed by atoms with van der Waals surface area (Å²) in [5.74, 6) is 0.0596. The van der Waals surface area contributed by atoms with Gasteiger partial charge in [0.25, 0.3) is 0 Å². The second kappa shape index (κ2) is 5.08. The summed E-state index contributed by atoms with van der Waals surface area (Å²) in [5, 5.41) is 0. The van der Waals surface area contributed by atoms with Gasteiger partial charge in [0.05, 0.1) is 6.42 Å². The average Bonchev–Trinajstić information content (AvgIpc) is 2.15. The van der Waals surface area contributed by atoms with E-state index in [2.05, 4.69) is 0 Å². The van der Waals surface area contributed by atoms with Gasteiger partial charge in [-0.25, -0.2) is 0 Å². The molecule has 1 fully saturated rings. The number of hydrogen-bond acceptors (Lipinski definition) is 2. The molecule has 1 amide bonds. The molecule has 1 atom stereocenters. The Morgan fingerprint density at radius 1 is 1.57 bits per heavy atom. The van der Waals surface area contributed by atoms with Crippen LogP contribution in [0.3, 0.4) is 0 Å². The van der Waals surface area contributed by atoms with Crippen LogP contribution in [0.25, 0.3) is 0 Å². The van der Waals surface area contributed by atoms with E-state index in [0.29, 0.717) is 19.4 Å². The minimum atomic E-state index is -1.32. The number of carbonyl (C=O) groups excluding carboxylic acids is 2. The van der Waals surface area contributed by atoms with Crippen LogP contribution in [-0.4, -0.2) is 29.4 Å². The first-order chi connectivity index (χ1) is 6.65. The maximum atomic E-state index is 12.2. The van der Waals surface area contributed by atoms with E-state index in [-0.39, 0.29) is 18.4 Å². The third-order valence-corrected chi connectivity index (χ3v) is 2.67. The van der Waals surface area contributed by atoms with Crippen molar-refractivity contribution in [2.24, 2.45) is 0 Å². The van der Waals surface area contributed by atoms with Crippen LogP contribution in [0, 0.1) is 0 Å². The van der Waals surface area contributed by atoms with Crippen molar-refractivity contribution in [2.75, 3.05) is 6.54 Å². The third-order valence-electron chi connectivity index (χ3n) is 2.67. The lowest BCUT2D eigenvalue weighted by Crippen LogP contribution is -2.43. The molecule has 1 aliphatic heterocycles. The second-order valence-electron chi connectivity index (χ2n) is 3.67. The Morgan fingerprint density at radius 3 is 2.79 bits per heavy atom. The monoisotopic (exact) mass is 201 g/mol. The zero-order valence-corrected chi connectivity index (χ0v) is 8.46. The first kappa shape index (κ1) is 11.1. The van der Waals surface area contributed by atoms with Gasteiger partial charge in [-0.2, -0.15) is 4.39 Å². The summed E-state index contributed by atoms with van der Waals surface area (Å²) in [6.07, 6.45) is 2.90. The van der Waals surface area contributed by atoms with Crippen LogP contribution in [0.1, 0.15) is 39.0 Å². The number of hydrogen-bond donors (Lipinski definition) is 0. The lowest BCUT2D eigenvalue weighted by molar-refractivity contribution is -0.138. The predicted molar refractivity (Wildman–Crippen MR) is 50.4 cm³/mol. The summed E-state index contributed by atoms with van der Waals surface area (Å²) in [4.78, 5) is 23.5. The van der Waals surface area contributed by atoms with Gasteiger partial charge in [0.15, 0.2) is 0 Å². The highest BCUT2D eigenvalue weighted by molar-refractivity contribution is 5.78. The van der Waals surface area contributed by atoms with Gasteiger partial charge in [0.1, 0.15) is 0 Å². The van der Waals surface area contributed by atoms with Crippen LogP contribution in [0.5, 0.6) is 0 Å². The van der Waals surface area contributed by atoms with Crippen LogP contribution in [0.2, 0.25) is 0 Å². The molecule has 1 unspecified atom stereocenters. The van der Waals surface area contributed by atoms with Crippen molar-refractivity contribution in [3.8, 4) is 0 Å². The van der Waals surface area contributed by atoms with Crippen molar-refractivity contribution in [1.29, 1.82) is 0 Å². The molecule has 3 nitrogen and oxygen atoms in total. The zero-order chi connectivity index (χ0) is 10.6. The molecule has 80 valence electrons. The van der Waals surface area contributed by atoms with Crippen molar-refractivity contribution in [3.05, 3.63) is 0 Å². The van der Waals surface area contributed by atoms with E-state index in [1.54, 1.807) is 4.90 Å². The molecule has 4 heteroatoms. The van der Waals surface area contributed by atoms with Crippen molar-refractivity contribution in [3.63, 3.8) is 0 Å². The quantitative estimate of drug-likeness (QED) is 0.649. The van der Waals surface area contributed by atoms with E-state index < -0.39 is 6.04 Å². The Kier molecular flexibility index (Phi) is 4.04. The van der Waals surface area contributed by atoms with E-state index in [9.17, 15) is 14.0 Å². The molecule has 0 N–H and O–H groups in total. The third kappa shape index (κ3) is 2.79. The first-order valence-corrected chi connectivity index (χ1v) is 5.13. The van der Waals surface area contributed by atoms with Gasteiger partial charge in [-0.3, -0.25) is 9.59 Å². The van der Waals surface area contributed by atoms with Crippen molar-refractivity contribution in [1.82, 2.24) is 4.90 Å². The highest BCUT2D eigenvalue weighted by Crippen LogP contribution is 2.18. The first-order valence-electron chi connectivity index (χ1n) is 5.13. The number of halogens is 1. The van der Waals surface area contributed by atoms with Crippen molar-refractivity contribution >= 4 is 11.9 Å². The van der Waals surface area contributed by atoms with E-state index in [1.165, 1.54) is 0 Å². The normalized spacial score (nSPS) is 19.6. The van der Waals surface area contributed by atoms with Gasteiger partial charge < -0.3 is 4.90 Å². The minimum Gasteiger partial charge on any atom is -0.339 e. The molecule has 0 aromatic carbocycles. The lowest BCUT2D eigenvalue weighted by atomic mass is 10.0. The largest absolute Gasteiger partial charge is 0.339 e. The molecule has 14 heavy (non-hydrogen) atoms. The van der Waals surface area contributed by atoms with Gasteiger partial charge >= 0.3 is 6.04 Å². The molecule has 0 radical (unpaired) electrons. The summed E-state index contributed by atoms with van der Waals surface area (Å²) < 4.78 is 12.2. The Balaban J connectivity index is 2.57. The van der Waals surface area contributed by atoms with Crippen LogP contribution >= 0.6 is 0 Å². The summed E-state index contributed by atoms with van der Waals surface area (Å²) in [7, 11) is 0. The summed E-state index contributed by atoms with van der Waals surface area (Å²) in [6, 6.07) is -1.56. The van der Waals surface area contributed by atoms with Crippen LogP contribution in [-0.2, 0) is 9.59 Å². The Hall–Kier alpha value is -0.930. The number of amides is 1. The smallest absolute Gasteiger partial charge is 0.303 e. The fourth-order valence-corrected chi connectivity index (χ4v) is 1.87. The predicted octanol–water partition coefficient (Wildman–Crippen LogP) is 1.66. The van der Waals surface area contributed by atoms with Crippen LogP contribution in [0.4, 0.5) is 4.39 Å². The Morgan fingerprint density at radius 2 is 2.29 bits per heavy atom. The van der Waals surface area contributed by atoms with Crippen molar-refractivity contribution < 1.29 is 14.0 Å². The number of piperidine rings is 1. The van der Waals surface area contributed by atoms with Gasteiger partial charge in [-0.05, 0) is 19.3 Å². The summed E-state index contributed by atoms with van der Waals surface area (Å²) in [5.41, 5.74) is 0. The van der Waals surface area contributed by atoms with Gasteiger partial charge in [-0.1, -0.05) is 6.92 Å². The number of nitrogens with zero attached hydrogens (tertiary/aromatic N) is 1. The van der Waals surface area contributed by atoms with E-state index >= 15 is 0 Å². The molecule has 0 saturated carbocycles. The molecule has 1 aliphatic rings. The Bertz CT molecular complexity index is 230. The van der Waals surface area contributed by atoms with Gasteiger partial charge in [-0.15, -0.1) is 0 Å².